The summed E-state index contributed by atoms with van der Waals surface area (Å²) in [4.78, 5) is 11.1. The zero-order valence-electron chi connectivity index (χ0n) is 9.58. The molecule has 0 spiro atoms. The van der Waals surface area contributed by atoms with Gasteiger partial charge in [0.25, 0.3) is 0 Å². The van der Waals surface area contributed by atoms with E-state index in [1.54, 1.807) is 6.92 Å². The Bertz CT molecular complexity index is 388. The van der Waals surface area contributed by atoms with Crippen molar-refractivity contribution in [2.45, 2.75) is 32.7 Å². The monoisotopic (exact) mass is 219 g/mol. The summed E-state index contributed by atoms with van der Waals surface area (Å²) in [7, 11) is 0. The quantitative estimate of drug-likeness (QED) is 0.847. The molecule has 0 unspecified atom stereocenters. The molecule has 0 heterocycles. The highest BCUT2D eigenvalue weighted by Gasteiger charge is 2.10. The van der Waals surface area contributed by atoms with Gasteiger partial charge in [-0.1, -0.05) is 18.2 Å². The molecule has 0 saturated carbocycles. The predicted molar refractivity (Wildman–Crippen MR) is 62.3 cm³/mol. The molecule has 0 atom stereocenters. The van der Waals surface area contributed by atoms with E-state index in [2.05, 4.69) is 23.5 Å². The van der Waals surface area contributed by atoms with Gasteiger partial charge in [-0.3, -0.25) is 0 Å². The van der Waals surface area contributed by atoms with Crippen LogP contribution in [0.1, 0.15) is 30.0 Å². The van der Waals surface area contributed by atoms with Gasteiger partial charge in [0, 0.05) is 6.54 Å². The van der Waals surface area contributed by atoms with E-state index in [9.17, 15) is 4.79 Å². The lowest BCUT2D eigenvalue weighted by molar-refractivity contribution is 0.151. The minimum atomic E-state index is -0.344. The van der Waals surface area contributed by atoms with Crippen LogP contribution in [0.2, 0.25) is 0 Å². The van der Waals surface area contributed by atoms with Crippen molar-refractivity contribution in [1.29, 1.82) is 0 Å². The fourth-order valence-corrected chi connectivity index (χ4v) is 2.09. The van der Waals surface area contributed by atoms with E-state index < -0.39 is 0 Å². The van der Waals surface area contributed by atoms with Crippen molar-refractivity contribution in [3.8, 4) is 0 Å². The summed E-state index contributed by atoms with van der Waals surface area (Å²) in [6.07, 6.45) is 3.27. The van der Waals surface area contributed by atoms with Crippen molar-refractivity contribution in [2.75, 3.05) is 6.61 Å². The molecule has 3 heteroatoms. The lowest BCUT2D eigenvalue weighted by atomic mass is 10.1. The summed E-state index contributed by atoms with van der Waals surface area (Å²) in [6.45, 7) is 2.76. The number of hydrogen-bond acceptors (Lipinski definition) is 2. The molecular formula is C13H17NO2. The molecule has 0 fully saturated rings. The fraction of sp³-hybridized carbons (Fsp3) is 0.462. The summed E-state index contributed by atoms with van der Waals surface area (Å²) in [6, 6.07) is 6.44. The summed E-state index contributed by atoms with van der Waals surface area (Å²) in [5.41, 5.74) is 4.04. The zero-order valence-corrected chi connectivity index (χ0v) is 9.58. The molecule has 86 valence electrons. The first kappa shape index (κ1) is 11.0. The average Bonchev–Trinajstić information content (AvgIpc) is 2.74. The molecule has 1 aromatic rings. The standard InChI is InChI=1S/C13H17NO2/c1-2-16-13(15)14-9-10-6-7-11-4-3-5-12(11)8-10/h6-8H,2-5,9H2,1H3,(H,14,15). The molecule has 0 aromatic heterocycles. The SMILES string of the molecule is CCOC(=O)NCc1ccc2c(c1)CCC2. The van der Waals surface area contributed by atoms with Crippen LogP contribution in [0.5, 0.6) is 0 Å². The van der Waals surface area contributed by atoms with Crippen LogP contribution in [0, 0.1) is 0 Å². The van der Waals surface area contributed by atoms with Crippen molar-refractivity contribution in [3.63, 3.8) is 0 Å². The highest BCUT2D eigenvalue weighted by atomic mass is 16.5. The lowest BCUT2D eigenvalue weighted by Crippen LogP contribution is -2.23. The molecule has 1 aliphatic carbocycles. The van der Waals surface area contributed by atoms with E-state index in [1.165, 1.54) is 30.4 Å². The molecule has 1 aliphatic rings. The van der Waals surface area contributed by atoms with Crippen LogP contribution in [0.25, 0.3) is 0 Å². The van der Waals surface area contributed by atoms with Gasteiger partial charge < -0.3 is 10.1 Å². The van der Waals surface area contributed by atoms with E-state index in [4.69, 9.17) is 4.74 Å². The number of amides is 1. The Morgan fingerprint density at radius 2 is 2.19 bits per heavy atom. The van der Waals surface area contributed by atoms with E-state index >= 15 is 0 Å². The smallest absolute Gasteiger partial charge is 0.407 e. The van der Waals surface area contributed by atoms with Crippen molar-refractivity contribution >= 4 is 6.09 Å². The molecule has 0 saturated heterocycles. The highest BCUT2D eigenvalue weighted by molar-refractivity contribution is 5.67. The van der Waals surface area contributed by atoms with E-state index in [0.717, 1.165) is 5.56 Å². The van der Waals surface area contributed by atoms with Crippen LogP contribution in [0.3, 0.4) is 0 Å². The number of alkyl carbamates (subject to hydrolysis) is 1. The maximum Gasteiger partial charge on any atom is 0.407 e. The average molecular weight is 219 g/mol. The van der Waals surface area contributed by atoms with Crippen molar-refractivity contribution < 1.29 is 9.53 Å². The number of fused-ring (bicyclic) bond motifs is 1. The van der Waals surface area contributed by atoms with Gasteiger partial charge in [0.15, 0.2) is 0 Å². The van der Waals surface area contributed by atoms with Crippen molar-refractivity contribution in [2.24, 2.45) is 0 Å². The molecule has 0 radical (unpaired) electrons. The number of carbonyl (C=O) groups excluding carboxylic acids is 1. The lowest BCUT2D eigenvalue weighted by Gasteiger charge is -2.07. The predicted octanol–water partition coefficient (Wildman–Crippen LogP) is 2.42. The topological polar surface area (TPSA) is 38.3 Å². The second kappa shape index (κ2) is 5.01. The van der Waals surface area contributed by atoms with Gasteiger partial charge in [0.1, 0.15) is 0 Å². The first-order valence-corrected chi connectivity index (χ1v) is 5.81. The Hall–Kier alpha value is -1.51. The summed E-state index contributed by atoms with van der Waals surface area (Å²) < 4.78 is 4.81. The number of hydrogen-bond donors (Lipinski definition) is 1. The van der Waals surface area contributed by atoms with E-state index in [-0.39, 0.29) is 6.09 Å². The number of nitrogens with one attached hydrogen (secondary N) is 1. The van der Waals surface area contributed by atoms with Crippen molar-refractivity contribution in [1.82, 2.24) is 5.32 Å². The number of aryl methyl sites for hydroxylation is 2. The van der Waals surface area contributed by atoms with E-state index in [0.29, 0.717) is 13.2 Å². The first-order chi connectivity index (χ1) is 7.79. The molecule has 1 N–H and O–H groups in total. The van der Waals surface area contributed by atoms with Gasteiger partial charge in [0.2, 0.25) is 0 Å². The molecule has 16 heavy (non-hydrogen) atoms. The Morgan fingerprint density at radius 3 is 3.00 bits per heavy atom. The third kappa shape index (κ3) is 2.54. The number of rotatable bonds is 3. The van der Waals surface area contributed by atoms with Gasteiger partial charge in [-0.25, -0.2) is 4.79 Å². The maximum atomic E-state index is 11.1. The van der Waals surface area contributed by atoms with Gasteiger partial charge in [0.05, 0.1) is 6.61 Å². The summed E-state index contributed by atoms with van der Waals surface area (Å²) in [5, 5.41) is 2.73. The minimum absolute atomic E-state index is 0.344. The Kier molecular flexibility index (Phi) is 3.44. The van der Waals surface area contributed by atoms with Gasteiger partial charge in [-0.2, -0.15) is 0 Å². The zero-order chi connectivity index (χ0) is 11.4. The van der Waals surface area contributed by atoms with Crippen LogP contribution in [-0.2, 0) is 24.1 Å². The highest BCUT2D eigenvalue weighted by Crippen LogP contribution is 2.22. The largest absolute Gasteiger partial charge is 0.450 e. The van der Waals surface area contributed by atoms with Gasteiger partial charge >= 0.3 is 6.09 Å². The fourth-order valence-electron chi connectivity index (χ4n) is 2.09. The van der Waals surface area contributed by atoms with Crippen LogP contribution < -0.4 is 5.32 Å². The normalized spacial score (nSPS) is 13.3. The Morgan fingerprint density at radius 1 is 1.38 bits per heavy atom. The molecule has 0 aliphatic heterocycles. The molecule has 3 nitrogen and oxygen atoms in total. The second-order valence-corrected chi connectivity index (χ2v) is 4.03. The maximum absolute atomic E-state index is 11.1. The Labute approximate surface area is 95.8 Å². The molecule has 1 amide bonds. The molecular weight excluding hydrogens is 202 g/mol. The van der Waals surface area contributed by atoms with Crippen LogP contribution in [0.4, 0.5) is 4.79 Å². The van der Waals surface area contributed by atoms with Gasteiger partial charge in [-0.05, 0) is 42.9 Å². The van der Waals surface area contributed by atoms with E-state index in [1.807, 2.05) is 0 Å². The Balaban J connectivity index is 1.93. The number of benzene rings is 1. The van der Waals surface area contributed by atoms with Crippen molar-refractivity contribution in [3.05, 3.63) is 34.9 Å². The number of ether oxygens (including phenoxy) is 1. The van der Waals surface area contributed by atoms with Crippen LogP contribution in [0.15, 0.2) is 18.2 Å². The third-order valence-electron chi connectivity index (χ3n) is 2.88. The summed E-state index contributed by atoms with van der Waals surface area (Å²) in [5.74, 6) is 0. The van der Waals surface area contributed by atoms with Gasteiger partial charge in [-0.15, -0.1) is 0 Å². The van der Waals surface area contributed by atoms with Crippen LogP contribution in [-0.4, -0.2) is 12.7 Å². The number of carbonyl (C=O) groups is 1. The summed E-state index contributed by atoms with van der Waals surface area (Å²) >= 11 is 0. The third-order valence-corrected chi connectivity index (χ3v) is 2.88. The minimum Gasteiger partial charge on any atom is -0.450 e. The molecule has 0 bridgehead atoms. The van der Waals surface area contributed by atoms with Crippen LogP contribution >= 0.6 is 0 Å². The second-order valence-electron chi connectivity index (χ2n) is 4.03. The first-order valence-electron chi connectivity index (χ1n) is 5.81. The molecule has 1 aromatic carbocycles. The molecule has 2 rings (SSSR count).